The van der Waals surface area contributed by atoms with Crippen LogP contribution in [0.1, 0.15) is 26.3 Å². The molecule has 11 nitrogen and oxygen atoms in total. The van der Waals surface area contributed by atoms with E-state index in [1.54, 1.807) is 24.3 Å². The number of aromatic amines is 1. The van der Waals surface area contributed by atoms with E-state index in [0.717, 1.165) is 5.56 Å². The number of amides is 1. The van der Waals surface area contributed by atoms with Crippen LogP contribution in [0.5, 0.6) is 17.2 Å². The lowest BCUT2D eigenvalue weighted by Gasteiger charge is -2.20. The van der Waals surface area contributed by atoms with Gasteiger partial charge in [-0.1, -0.05) is 12.1 Å². The smallest absolute Gasteiger partial charge is 0.272 e. The Balaban J connectivity index is 1.48. The molecule has 1 aromatic heterocycles. The van der Waals surface area contributed by atoms with Crippen molar-refractivity contribution in [1.29, 1.82) is 0 Å². The van der Waals surface area contributed by atoms with Gasteiger partial charge in [0.2, 0.25) is 0 Å². The van der Waals surface area contributed by atoms with Gasteiger partial charge in [-0.2, -0.15) is 5.10 Å². The number of fused-ring (bicyclic) bond motifs is 2. The van der Waals surface area contributed by atoms with Crippen molar-refractivity contribution in [2.24, 2.45) is 17.3 Å². The van der Waals surface area contributed by atoms with E-state index in [0.29, 0.717) is 33.5 Å². The molecule has 0 aliphatic carbocycles. The van der Waals surface area contributed by atoms with Gasteiger partial charge < -0.3 is 20.9 Å². The van der Waals surface area contributed by atoms with Gasteiger partial charge in [-0.25, -0.2) is 10.9 Å². The van der Waals surface area contributed by atoms with E-state index in [-0.39, 0.29) is 29.0 Å². The molecule has 0 bridgehead atoms. The number of Topliss-reactive ketones (excluding diaryl/α,β-unsaturated/α-hetero) is 1. The molecule has 0 unspecified atom stereocenters. The van der Waals surface area contributed by atoms with Gasteiger partial charge in [0.05, 0.1) is 10.8 Å². The number of nitrogens with one attached hydrogen (secondary N) is 2. The van der Waals surface area contributed by atoms with E-state index in [1.165, 1.54) is 18.2 Å². The highest BCUT2D eigenvalue weighted by Gasteiger charge is 2.23. The predicted octanol–water partition coefficient (Wildman–Crippen LogP) is 1.30. The van der Waals surface area contributed by atoms with Gasteiger partial charge in [0.25, 0.3) is 11.5 Å². The molecule has 0 atom stereocenters. The van der Waals surface area contributed by atoms with Gasteiger partial charge in [-0.15, -0.1) is 0 Å². The summed E-state index contributed by atoms with van der Waals surface area (Å²) in [4.78, 5) is 36.6. The monoisotopic (exact) mass is 472 g/mol. The molecule has 1 amide bonds. The molecule has 5 rings (SSSR count). The topological polar surface area (TPSA) is 188 Å². The first-order chi connectivity index (χ1) is 16.9. The minimum Gasteiger partial charge on any atom is -0.489 e. The number of nitrogens with two attached hydrogens (primary N) is 3. The maximum atomic E-state index is 12.3. The average molecular weight is 472 g/mol. The summed E-state index contributed by atoms with van der Waals surface area (Å²) in [5.74, 6) is 5.46. The molecule has 11 heteroatoms. The van der Waals surface area contributed by atoms with E-state index in [9.17, 15) is 14.4 Å². The highest BCUT2D eigenvalue weighted by atomic mass is 16.5. The molecular weight excluding hydrogens is 452 g/mol. The van der Waals surface area contributed by atoms with Crippen molar-refractivity contribution in [3.63, 3.8) is 0 Å². The molecular formula is C24H20N6O5. The number of carbonyl (C=O) groups is 2. The van der Waals surface area contributed by atoms with Crippen molar-refractivity contribution in [2.45, 2.75) is 12.8 Å². The fourth-order valence-electron chi connectivity index (χ4n) is 3.92. The number of carbonyl (C=O) groups excluding carboxylic acids is 2. The van der Waals surface area contributed by atoms with Crippen LogP contribution in [0.15, 0.2) is 59.4 Å². The number of hydrogen-bond donors (Lipinski definition) is 5. The van der Waals surface area contributed by atoms with Gasteiger partial charge >= 0.3 is 0 Å². The molecule has 0 saturated carbocycles. The third-order valence-corrected chi connectivity index (χ3v) is 5.59. The molecule has 8 N–H and O–H groups in total. The van der Waals surface area contributed by atoms with Crippen LogP contribution >= 0.6 is 0 Å². The summed E-state index contributed by atoms with van der Waals surface area (Å²) in [5.41, 5.74) is 15.0. The molecule has 4 aromatic rings. The number of ether oxygens (including phenoxy) is 2. The lowest BCUT2D eigenvalue weighted by molar-refractivity contribution is 0.0953. The summed E-state index contributed by atoms with van der Waals surface area (Å²) in [6.45, 7) is 0.0947. The third kappa shape index (κ3) is 3.99. The van der Waals surface area contributed by atoms with Gasteiger partial charge in [-0.3, -0.25) is 19.8 Å². The van der Waals surface area contributed by atoms with Gasteiger partial charge in [-0.05, 0) is 48.0 Å². The van der Waals surface area contributed by atoms with E-state index in [2.05, 4.69) is 10.2 Å². The summed E-state index contributed by atoms with van der Waals surface area (Å²) in [6, 6.07) is 14.9. The fourth-order valence-corrected chi connectivity index (χ4v) is 3.92. The normalized spacial score (nSPS) is 11.7. The van der Waals surface area contributed by atoms with Crippen molar-refractivity contribution < 1.29 is 19.1 Å². The van der Waals surface area contributed by atoms with Crippen LogP contribution in [0.3, 0.4) is 0 Å². The highest BCUT2D eigenvalue weighted by Crippen LogP contribution is 2.44. The lowest BCUT2D eigenvalue weighted by Crippen LogP contribution is -2.39. The number of H-pyrrole nitrogens is 1. The number of nitrogens with zero attached hydrogens (tertiary/aromatic N) is 1. The van der Waals surface area contributed by atoms with E-state index in [1.807, 2.05) is 17.6 Å². The Hall–Kier alpha value is -4.58. The zero-order chi connectivity index (χ0) is 24.7. The van der Waals surface area contributed by atoms with Crippen LogP contribution < -0.4 is 37.8 Å². The predicted molar refractivity (Wildman–Crippen MR) is 127 cm³/mol. The van der Waals surface area contributed by atoms with Crippen LogP contribution in [0, 0.1) is 0 Å². The van der Waals surface area contributed by atoms with Crippen molar-refractivity contribution in [3.05, 3.63) is 81.6 Å². The van der Waals surface area contributed by atoms with Crippen molar-refractivity contribution in [3.8, 4) is 28.5 Å². The summed E-state index contributed by atoms with van der Waals surface area (Å²) < 4.78 is 11.9. The zero-order valence-electron chi connectivity index (χ0n) is 18.2. The number of hydrazine groups is 1. The summed E-state index contributed by atoms with van der Waals surface area (Å²) in [7, 11) is 0. The van der Waals surface area contributed by atoms with Crippen LogP contribution in [0.25, 0.3) is 22.0 Å². The number of aromatic nitrogens is 2. The lowest BCUT2D eigenvalue weighted by atomic mass is 9.99. The van der Waals surface area contributed by atoms with Gasteiger partial charge in [0, 0.05) is 16.7 Å². The summed E-state index contributed by atoms with van der Waals surface area (Å²) >= 11 is 0. The van der Waals surface area contributed by atoms with E-state index < -0.39 is 17.9 Å². The quantitative estimate of drug-likeness (QED) is 0.0797. The second kappa shape index (κ2) is 8.65. The Labute approximate surface area is 197 Å². The number of hydrogen-bond acceptors (Lipinski definition) is 9. The molecule has 1 aliphatic heterocycles. The van der Waals surface area contributed by atoms with Crippen LogP contribution in [-0.2, 0) is 6.61 Å². The largest absolute Gasteiger partial charge is 0.489 e. The minimum absolute atomic E-state index is 0.0947. The molecule has 0 spiro atoms. The number of benzene rings is 3. The van der Waals surface area contributed by atoms with Crippen molar-refractivity contribution in [1.82, 2.24) is 15.6 Å². The number of nitrogen functional groups attached to an aromatic ring is 1. The first-order valence-corrected chi connectivity index (χ1v) is 10.5. The third-order valence-electron chi connectivity index (χ3n) is 5.59. The molecule has 35 heavy (non-hydrogen) atoms. The van der Waals surface area contributed by atoms with Gasteiger partial charge in [0.1, 0.15) is 35.7 Å². The van der Waals surface area contributed by atoms with E-state index in [4.69, 9.17) is 26.8 Å². The summed E-state index contributed by atoms with van der Waals surface area (Å²) in [6.07, 6.45) is -1.25. The first kappa shape index (κ1) is 22.2. The van der Waals surface area contributed by atoms with Gasteiger partial charge in [0.15, 0.2) is 5.78 Å². The van der Waals surface area contributed by atoms with Crippen LogP contribution in [-0.4, -0.2) is 28.1 Å². The molecule has 176 valence electrons. The highest BCUT2D eigenvalue weighted by molar-refractivity contribution is 6.03. The first-order valence-electron chi connectivity index (χ1n) is 10.5. The van der Waals surface area contributed by atoms with Crippen molar-refractivity contribution >= 4 is 22.5 Å². The maximum Gasteiger partial charge on any atom is 0.272 e. The molecule has 0 saturated heterocycles. The molecule has 3 aromatic carbocycles. The summed E-state index contributed by atoms with van der Waals surface area (Å²) in [5, 5.41) is 7.88. The Morgan fingerprint density at radius 2 is 1.86 bits per heavy atom. The Kier molecular flexibility index (Phi) is 5.49. The molecule has 0 fully saturated rings. The van der Waals surface area contributed by atoms with E-state index >= 15 is 0 Å². The van der Waals surface area contributed by atoms with Crippen LogP contribution in [0.2, 0.25) is 0 Å². The second-order valence-corrected chi connectivity index (χ2v) is 7.91. The molecule has 2 heterocycles. The SMILES string of the molecule is NNC(=O)c1cc(OCc2ccc3c(c2)-c2n[nH]c(=O)c4cccc(c24)O3)cc(C(=O)C(N)N)c1. The molecule has 1 aliphatic rings. The molecule has 0 radical (unpaired) electrons. The standard InChI is InChI=1S/C24H20N6O5/c25-22(26)21(31)12-7-13(23(32)28-27)9-14(8-12)34-10-11-4-5-17-16(6-11)20-19-15(24(33)30-29-20)2-1-3-18(19)35-17/h1-9,22H,10,25-27H2,(H,28,32)(H,30,33). The second-order valence-electron chi connectivity index (χ2n) is 7.91. The van der Waals surface area contributed by atoms with Crippen molar-refractivity contribution in [2.75, 3.05) is 0 Å². The Morgan fingerprint density at radius 1 is 1.06 bits per heavy atom. The minimum atomic E-state index is -1.25. The average Bonchev–Trinajstić information content (AvgIpc) is 2.87. The Morgan fingerprint density at radius 3 is 2.63 bits per heavy atom. The Bertz CT molecular complexity index is 1560. The number of ketones is 1. The maximum absolute atomic E-state index is 12.3. The zero-order valence-corrected chi connectivity index (χ0v) is 18.2. The van der Waals surface area contributed by atoms with Crippen LogP contribution in [0.4, 0.5) is 0 Å². The number of rotatable bonds is 6. The fraction of sp³-hybridized carbons (Fsp3) is 0.0833.